The van der Waals surface area contributed by atoms with Crippen molar-refractivity contribution in [2.75, 3.05) is 11.9 Å². The van der Waals surface area contributed by atoms with Crippen LogP contribution >= 0.6 is 11.3 Å². The van der Waals surface area contributed by atoms with Crippen LogP contribution in [0, 0.1) is 0 Å². The van der Waals surface area contributed by atoms with Crippen molar-refractivity contribution < 1.29 is 14.3 Å². The number of anilines is 1. The molecule has 0 radical (unpaired) electrons. The molecule has 5 nitrogen and oxygen atoms in total. The summed E-state index contributed by atoms with van der Waals surface area (Å²) in [7, 11) is 0. The summed E-state index contributed by atoms with van der Waals surface area (Å²) in [5, 5.41) is 6.06. The van der Waals surface area contributed by atoms with Gasteiger partial charge in [0.25, 0.3) is 0 Å². The van der Waals surface area contributed by atoms with Crippen LogP contribution in [0.3, 0.4) is 0 Å². The molecule has 0 aromatic carbocycles. The Morgan fingerprint density at radius 2 is 1.95 bits per heavy atom. The van der Waals surface area contributed by atoms with Crippen LogP contribution in [0.15, 0.2) is 6.07 Å². The minimum Gasteiger partial charge on any atom is -0.462 e. The van der Waals surface area contributed by atoms with Gasteiger partial charge >= 0.3 is 12.0 Å². The third-order valence-electron chi connectivity index (χ3n) is 2.34. The molecule has 2 N–H and O–H groups in total. The molecule has 1 heterocycles. The first-order valence-electron chi connectivity index (χ1n) is 6.65. The lowest BCUT2D eigenvalue weighted by Gasteiger charge is -2.20. The molecule has 0 saturated carbocycles. The number of ether oxygens (including phenoxy) is 1. The van der Waals surface area contributed by atoms with Gasteiger partial charge in [-0.2, -0.15) is 0 Å². The van der Waals surface area contributed by atoms with Crippen LogP contribution < -0.4 is 10.6 Å². The Bertz CT molecular complexity index is 489. The second-order valence-electron chi connectivity index (χ2n) is 5.36. The van der Waals surface area contributed by atoms with Crippen LogP contribution in [-0.2, 0) is 11.2 Å². The molecule has 2 amide bonds. The molecule has 0 saturated heterocycles. The number of carbonyl (C=O) groups excluding carboxylic acids is 2. The fraction of sp³-hybridized carbons (Fsp3) is 0.571. The van der Waals surface area contributed by atoms with Crippen LogP contribution in [-0.4, -0.2) is 24.1 Å². The molecule has 6 heteroatoms. The van der Waals surface area contributed by atoms with E-state index in [2.05, 4.69) is 10.6 Å². The normalized spacial score (nSPS) is 11.1. The number of hydrogen-bond acceptors (Lipinski definition) is 4. The first-order valence-corrected chi connectivity index (χ1v) is 7.47. The van der Waals surface area contributed by atoms with E-state index < -0.39 is 5.97 Å². The maximum Gasteiger partial charge on any atom is 0.341 e. The first kappa shape index (κ1) is 16.5. The maximum atomic E-state index is 11.9. The molecule has 0 fully saturated rings. The SMILES string of the molecule is CCOC(=O)c1cc(CC)sc1NC(=O)NC(C)(C)C. The summed E-state index contributed by atoms with van der Waals surface area (Å²) in [5.41, 5.74) is 0.0803. The Morgan fingerprint density at radius 1 is 1.30 bits per heavy atom. The fourth-order valence-corrected chi connectivity index (χ4v) is 2.52. The molecule has 0 aliphatic rings. The topological polar surface area (TPSA) is 67.4 Å². The summed E-state index contributed by atoms with van der Waals surface area (Å²) in [6, 6.07) is 1.45. The highest BCUT2D eigenvalue weighted by Crippen LogP contribution is 2.29. The van der Waals surface area contributed by atoms with E-state index >= 15 is 0 Å². The van der Waals surface area contributed by atoms with Crippen LogP contribution in [0.1, 0.15) is 49.9 Å². The minimum atomic E-state index is -0.408. The molecule has 20 heavy (non-hydrogen) atoms. The Balaban J connectivity index is 2.90. The van der Waals surface area contributed by atoms with Crippen LogP contribution in [0.25, 0.3) is 0 Å². The monoisotopic (exact) mass is 298 g/mol. The average molecular weight is 298 g/mol. The number of carbonyl (C=O) groups is 2. The van der Waals surface area contributed by atoms with Crippen LogP contribution in [0.5, 0.6) is 0 Å². The Kier molecular flexibility index (Phi) is 5.56. The van der Waals surface area contributed by atoms with E-state index in [0.717, 1.165) is 11.3 Å². The Morgan fingerprint density at radius 3 is 2.45 bits per heavy atom. The van der Waals surface area contributed by atoms with Gasteiger partial charge in [0.05, 0.1) is 12.2 Å². The highest BCUT2D eigenvalue weighted by atomic mass is 32.1. The van der Waals surface area contributed by atoms with Gasteiger partial charge in [-0.3, -0.25) is 5.32 Å². The van der Waals surface area contributed by atoms with Crippen molar-refractivity contribution in [3.63, 3.8) is 0 Å². The van der Waals surface area contributed by atoms with Gasteiger partial charge in [0, 0.05) is 10.4 Å². The van der Waals surface area contributed by atoms with Gasteiger partial charge in [-0.05, 0) is 40.2 Å². The Hall–Kier alpha value is -1.56. The number of esters is 1. The second kappa shape index (κ2) is 6.74. The molecule has 0 bridgehead atoms. The van der Waals surface area contributed by atoms with Crippen molar-refractivity contribution >= 4 is 28.3 Å². The number of amides is 2. The van der Waals surface area contributed by atoms with Crippen LogP contribution in [0.4, 0.5) is 9.80 Å². The van der Waals surface area contributed by atoms with Gasteiger partial charge in [-0.15, -0.1) is 11.3 Å². The molecule has 0 atom stereocenters. The number of urea groups is 1. The smallest absolute Gasteiger partial charge is 0.341 e. The first-order chi connectivity index (χ1) is 9.26. The third kappa shape index (κ3) is 4.85. The summed E-state index contributed by atoms with van der Waals surface area (Å²) >= 11 is 1.40. The lowest BCUT2D eigenvalue weighted by Crippen LogP contribution is -2.43. The van der Waals surface area contributed by atoms with E-state index in [0.29, 0.717) is 17.2 Å². The average Bonchev–Trinajstić information content (AvgIpc) is 2.69. The summed E-state index contributed by atoms with van der Waals surface area (Å²) in [5.74, 6) is -0.408. The van der Waals surface area contributed by atoms with Crippen LogP contribution in [0.2, 0.25) is 0 Å². The molecule has 1 rings (SSSR count). The molecule has 112 valence electrons. The van der Waals surface area contributed by atoms with Crippen molar-refractivity contribution in [3.8, 4) is 0 Å². The zero-order valence-corrected chi connectivity index (χ0v) is 13.4. The number of rotatable bonds is 4. The molecule has 0 spiro atoms. The summed E-state index contributed by atoms with van der Waals surface area (Å²) in [6.45, 7) is 9.74. The number of nitrogens with one attached hydrogen (secondary N) is 2. The highest BCUT2D eigenvalue weighted by molar-refractivity contribution is 7.16. The van der Waals surface area contributed by atoms with E-state index in [9.17, 15) is 9.59 Å². The predicted octanol–water partition coefficient (Wildman–Crippen LogP) is 3.41. The molecule has 1 aromatic rings. The molecule has 1 aromatic heterocycles. The molecule has 0 aliphatic heterocycles. The molecule has 0 aliphatic carbocycles. The standard InChI is InChI=1S/C14H22N2O3S/c1-6-9-8-10(12(17)19-7-2)11(20-9)15-13(18)16-14(3,4)5/h8H,6-7H2,1-5H3,(H2,15,16,18). The molecule has 0 unspecified atom stereocenters. The zero-order valence-electron chi connectivity index (χ0n) is 12.6. The second-order valence-corrected chi connectivity index (χ2v) is 6.50. The van der Waals surface area contributed by atoms with Gasteiger partial charge < -0.3 is 10.1 Å². The summed E-state index contributed by atoms with van der Waals surface area (Å²) in [6.07, 6.45) is 0.805. The maximum absolute atomic E-state index is 11.9. The highest BCUT2D eigenvalue weighted by Gasteiger charge is 2.20. The lowest BCUT2D eigenvalue weighted by atomic mass is 10.1. The van der Waals surface area contributed by atoms with Crippen molar-refractivity contribution in [2.24, 2.45) is 0 Å². The zero-order chi connectivity index (χ0) is 15.3. The summed E-state index contributed by atoms with van der Waals surface area (Å²) in [4.78, 5) is 24.8. The third-order valence-corrected chi connectivity index (χ3v) is 3.54. The van der Waals surface area contributed by atoms with Gasteiger partial charge in [-0.25, -0.2) is 9.59 Å². The lowest BCUT2D eigenvalue weighted by molar-refractivity contribution is 0.0528. The molecular weight excluding hydrogens is 276 g/mol. The molecular formula is C14H22N2O3S. The van der Waals surface area contributed by atoms with Crippen molar-refractivity contribution in [2.45, 2.75) is 46.6 Å². The predicted molar refractivity (Wildman–Crippen MR) is 81.6 cm³/mol. The van der Waals surface area contributed by atoms with E-state index in [-0.39, 0.29) is 11.6 Å². The van der Waals surface area contributed by atoms with Crippen molar-refractivity contribution in [1.82, 2.24) is 5.32 Å². The largest absolute Gasteiger partial charge is 0.462 e. The number of hydrogen-bond donors (Lipinski definition) is 2. The number of aryl methyl sites for hydroxylation is 1. The van der Waals surface area contributed by atoms with Crippen molar-refractivity contribution in [3.05, 3.63) is 16.5 Å². The minimum absolute atomic E-state index is 0.309. The van der Waals surface area contributed by atoms with Gasteiger partial charge in [-0.1, -0.05) is 6.92 Å². The van der Waals surface area contributed by atoms with E-state index in [4.69, 9.17) is 4.74 Å². The van der Waals surface area contributed by atoms with Crippen molar-refractivity contribution in [1.29, 1.82) is 0 Å². The Labute approximate surface area is 123 Å². The van der Waals surface area contributed by atoms with E-state index in [1.165, 1.54) is 11.3 Å². The van der Waals surface area contributed by atoms with E-state index in [1.54, 1.807) is 13.0 Å². The summed E-state index contributed by atoms with van der Waals surface area (Å²) < 4.78 is 5.00. The quantitative estimate of drug-likeness (QED) is 0.837. The van der Waals surface area contributed by atoms with Gasteiger partial charge in [0.15, 0.2) is 0 Å². The van der Waals surface area contributed by atoms with Gasteiger partial charge in [0.1, 0.15) is 5.00 Å². The fourth-order valence-electron chi connectivity index (χ4n) is 1.54. The number of thiophene rings is 1. The van der Waals surface area contributed by atoms with Gasteiger partial charge in [0.2, 0.25) is 0 Å². The van der Waals surface area contributed by atoms with E-state index in [1.807, 2.05) is 27.7 Å².